The van der Waals surface area contributed by atoms with Crippen LogP contribution in [0.5, 0.6) is 0 Å². The third-order valence-corrected chi connectivity index (χ3v) is 1.07. The SMILES string of the molecule is CC.CCC(C)C(F)F. The maximum Gasteiger partial charge on any atom is 0.241 e. The molecule has 0 saturated carbocycles. The highest BCUT2D eigenvalue weighted by Crippen LogP contribution is 2.10. The van der Waals surface area contributed by atoms with Gasteiger partial charge in [0, 0.05) is 5.92 Å². The molecule has 0 aromatic heterocycles. The van der Waals surface area contributed by atoms with Gasteiger partial charge >= 0.3 is 0 Å². The summed E-state index contributed by atoms with van der Waals surface area (Å²) in [4.78, 5) is 0. The van der Waals surface area contributed by atoms with Crippen molar-refractivity contribution >= 4 is 0 Å². The molecule has 0 nitrogen and oxygen atoms in total. The van der Waals surface area contributed by atoms with Crippen LogP contribution in [-0.4, -0.2) is 6.43 Å². The maximum absolute atomic E-state index is 11.4. The molecule has 0 radical (unpaired) electrons. The fourth-order valence-electron chi connectivity index (χ4n) is 0.178. The Labute approximate surface area is 56.3 Å². The molecule has 0 amide bonds. The van der Waals surface area contributed by atoms with Crippen LogP contribution in [0.2, 0.25) is 0 Å². The van der Waals surface area contributed by atoms with Gasteiger partial charge in [-0.2, -0.15) is 0 Å². The van der Waals surface area contributed by atoms with E-state index in [2.05, 4.69) is 0 Å². The monoisotopic (exact) mass is 138 g/mol. The number of halogens is 2. The fraction of sp³-hybridized carbons (Fsp3) is 1.00. The van der Waals surface area contributed by atoms with Gasteiger partial charge in [-0.25, -0.2) is 8.78 Å². The van der Waals surface area contributed by atoms with Crippen LogP contribution in [0.25, 0.3) is 0 Å². The molecular formula is C7H16F2. The summed E-state index contributed by atoms with van der Waals surface area (Å²) in [6.07, 6.45) is -1.57. The van der Waals surface area contributed by atoms with Crippen LogP contribution in [0, 0.1) is 5.92 Å². The smallest absolute Gasteiger partial charge is 0.210 e. The Hall–Kier alpha value is -0.140. The molecule has 0 fully saturated rings. The van der Waals surface area contributed by atoms with Gasteiger partial charge in [-0.15, -0.1) is 0 Å². The van der Waals surface area contributed by atoms with Crippen molar-refractivity contribution in [3.05, 3.63) is 0 Å². The average Bonchev–Trinajstić information content (AvgIpc) is 1.91. The maximum atomic E-state index is 11.4. The first kappa shape index (κ1) is 11.6. The molecule has 58 valence electrons. The molecule has 0 rings (SSSR count). The van der Waals surface area contributed by atoms with Crippen LogP contribution in [-0.2, 0) is 0 Å². The summed E-state index contributed by atoms with van der Waals surface area (Å²) in [6, 6.07) is 0. The molecule has 0 aliphatic rings. The lowest BCUT2D eigenvalue weighted by atomic mass is 10.1. The number of alkyl halides is 2. The van der Waals surface area contributed by atoms with Crippen molar-refractivity contribution in [3.63, 3.8) is 0 Å². The van der Waals surface area contributed by atoms with E-state index < -0.39 is 12.3 Å². The lowest BCUT2D eigenvalue weighted by Crippen LogP contribution is -2.03. The number of hydrogen-bond donors (Lipinski definition) is 0. The van der Waals surface area contributed by atoms with Crippen LogP contribution < -0.4 is 0 Å². The third kappa shape index (κ3) is 7.86. The molecule has 0 N–H and O–H groups in total. The van der Waals surface area contributed by atoms with Crippen LogP contribution in [0.15, 0.2) is 0 Å². The highest BCUT2D eigenvalue weighted by molar-refractivity contribution is 4.48. The summed E-state index contributed by atoms with van der Waals surface area (Å²) in [5.74, 6) is -0.431. The lowest BCUT2D eigenvalue weighted by molar-refractivity contribution is 0.0845. The third-order valence-electron chi connectivity index (χ3n) is 1.07. The molecule has 9 heavy (non-hydrogen) atoms. The first-order valence-corrected chi connectivity index (χ1v) is 3.46. The van der Waals surface area contributed by atoms with Gasteiger partial charge in [0.2, 0.25) is 6.43 Å². The second-order valence-electron chi connectivity index (χ2n) is 1.72. The van der Waals surface area contributed by atoms with E-state index in [1.54, 1.807) is 13.8 Å². The second kappa shape index (κ2) is 7.86. The second-order valence-corrected chi connectivity index (χ2v) is 1.72. The zero-order chi connectivity index (χ0) is 7.86. The molecule has 0 bridgehead atoms. The predicted molar refractivity (Wildman–Crippen MR) is 36.8 cm³/mol. The summed E-state index contributed by atoms with van der Waals surface area (Å²) in [6.45, 7) is 7.31. The van der Waals surface area contributed by atoms with Crippen molar-refractivity contribution in [2.24, 2.45) is 5.92 Å². The lowest BCUT2D eigenvalue weighted by Gasteiger charge is -2.03. The normalized spacial score (nSPS) is 12.3. The minimum atomic E-state index is -2.13. The minimum Gasteiger partial charge on any atom is -0.210 e. The molecule has 1 unspecified atom stereocenters. The number of hydrogen-bond acceptors (Lipinski definition) is 0. The van der Waals surface area contributed by atoms with Gasteiger partial charge in [0.05, 0.1) is 0 Å². The van der Waals surface area contributed by atoms with Crippen LogP contribution in [0.1, 0.15) is 34.1 Å². The molecular weight excluding hydrogens is 122 g/mol. The standard InChI is InChI=1S/C5H10F2.C2H6/c1-3-4(2)5(6)7;1-2/h4-5H,3H2,1-2H3;1-2H3. The number of rotatable bonds is 2. The zero-order valence-corrected chi connectivity index (χ0v) is 6.62. The van der Waals surface area contributed by atoms with E-state index in [1.807, 2.05) is 13.8 Å². The van der Waals surface area contributed by atoms with E-state index >= 15 is 0 Å². The van der Waals surface area contributed by atoms with Crippen molar-refractivity contribution in [1.29, 1.82) is 0 Å². The Morgan fingerprint density at radius 2 is 1.56 bits per heavy atom. The summed E-state index contributed by atoms with van der Waals surface area (Å²) >= 11 is 0. The Kier molecular flexibility index (Phi) is 10.2. The van der Waals surface area contributed by atoms with E-state index in [0.717, 1.165) is 0 Å². The quantitative estimate of drug-likeness (QED) is 0.549. The summed E-state index contributed by atoms with van der Waals surface area (Å²) in [5, 5.41) is 0. The van der Waals surface area contributed by atoms with Gasteiger partial charge < -0.3 is 0 Å². The summed E-state index contributed by atoms with van der Waals surface area (Å²) < 4.78 is 22.9. The Bertz CT molecular complexity index is 44.2. The van der Waals surface area contributed by atoms with E-state index in [-0.39, 0.29) is 0 Å². The van der Waals surface area contributed by atoms with Gasteiger partial charge in [-0.3, -0.25) is 0 Å². The molecule has 1 atom stereocenters. The molecule has 0 aromatic carbocycles. The Morgan fingerprint density at radius 1 is 1.22 bits per heavy atom. The van der Waals surface area contributed by atoms with Gasteiger partial charge in [0.15, 0.2) is 0 Å². The zero-order valence-electron chi connectivity index (χ0n) is 6.62. The Balaban J connectivity index is 0. The highest BCUT2D eigenvalue weighted by atomic mass is 19.3. The van der Waals surface area contributed by atoms with Gasteiger partial charge in [-0.1, -0.05) is 27.7 Å². The van der Waals surface area contributed by atoms with Crippen molar-refractivity contribution in [2.45, 2.75) is 40.5 Å². The molecule has 2 heteroatoms. The minimum absolute atomic E-state index is 0.431. The van der Waals surface area contributed by atoms with Gasteiger partial charge in [-0.05, 0) is 6.42 Å². The predicted octanol–water partition coefficient (Wildman–Crippen LogP) is 3.32. The first-order chi connectivity index (χ1) is 4.18. The molecule has 0 spiro atoms. The largest absolute Gasteiger partial charge is 0.241 e. The molecule has 0 aliphatic carbocycles. The van der Waals surface area contributed by atoms with Crippen molar-refractivity contribution < 1.29 is 8.78 Å². The Morgan fingerprint density at radius 3 is 1.56 bits per heavy atom. The molecule has 0 aliphatic heterocycles. The average molecular weight is 138 g/mol. The molecule has 0 heterocycles. The van der Waals surface area contributed by atoms with Gasteiger partial charge in [0.25, 0.3) is 0 Å². The van der Waals surface area contributed by atoms with Crippen LogP contribution >= 0.6 is 0 Å². The molecule has 0 saturated heterocycles. The summed E-state index contributed by atoms with van der Waals surface area (Å²) in [7, 11) is 0. The summed E-state index contributed by atoms with van der Waals surface area (Å²) in [5.41, 5.74) is 0. The van der Waals surface area contributed by atoms with E-state index in [9.17, 15) is 8.78 Å². The topological polar surface area (TPSA) is 0 Å². The van der Waals surface area contributed by atoms with Crippen molar-refractivity contribution in [3.8, 4) is 0 Å². The highest BCUT2D eigenvalue weighted by Gasteiger charge is 2.10. The van der Waals surface area contributed by atoms with E-state index in [1.165, 1.54) is 0 Å². The fourth-order valence-corrected chi connectivity index (χ4v) is 0.178. The van der Waals surface area contributed by atoms with Crippen LogP contribution in [0.4, 0.5) is 8.78 Å². The van der Waals surface area contributed by atoms with Crippen molar-refractivity contribution in [2.75, 3.05) is 0 Å². The van der Waals surface area contributed by atoms with Crippen molar-refractivity contribution in [1.82, 2.24) is 0 Å². The van der Waals surface area contributed by atoms with E-state index in [0.29, 0.717) is 6.42 Å². The van der Waals surface area contributed by atoms with Crippen LogP contribution in [0.3, 0.4) is 0 Å². The first-order valence-electron chi connectivity index (χ1n) is 3.46. The van der Waals surface area contributed by atoms with E-state index in [4.69, 9.17) is 0 Å². The van der Waals surface area contributed by atoms with Gasteiger partial charge in [0.1, 0.15) is 0 Å². The molecule has 0 aromatic rings.